The molecule has 1 rings (SSSR count). The molecule has 0 aromatic carbocycles. The van der Waals surface area contributed by atoms with E-state index in [2.05, 4.69) is 24.1 Å². The molecule has 0 bridgehead atoms. The molecule has 0 aliphatic carbocycles. The van der Waals surface area contributed by atoms with Gasteiger partial charge in [0.25, 0.3) is 0 Å². The third-order valence-corrected chi connectivity index (χ3v) is 2.28. The van der Waals surface area contributed by atoms with Gasteiger partial charge in [0, 0.05) is 18.4 Å². The van der Waals surface area contributed by atoms with Crippen molar-refractivity contribution in [2.45, 2.75) is 26.3 Å². The Labute approximate surface area is 84.3 Å². The van der Waals surface area contributed by atoms with Gasteiger partial charge in [-0.05, 0) is 31.5 Å². The van der Waals surface area contributed by atoms with E-state index < -0.39 is 0 Å². The van der Waals surface area contributed by atoms with E-state index in [1.165, 1.54) is 0 Å². The molecule has 3 heteroatoms. The maximum atomic E-state index is 5.98. The van der Waals surface area contributed by atoms with E-state index in [9.17, 15) is 0 Å². The van der Waals surface area contributed by atoms with Crippen LogP contribution in [0.15, 0.2) is 18.5 Å². The van der Waals surface area contributed by atoms with Gasteiger partial charge in [-0.2, -0.15) is 0 Å². The average molecular weight is 199 g/mol. The van der Waals surface area contributed by atoms with Gasteiger partial charge in [-0.3, -0.25) is 4.98 Å². The normalized spacial score (nSPS) is 12.8. The van der Waals surface area contributed by atoms with Gasteiger partial charge in [-0.25, -0.2) is 0 Å². The Morgan fingerprint density at radius 1 is 1.62 bits per heavy atom. The van der Waals surface area contributed by atoms with Crippen molar-refractivity contribution in [3.8, 4) is 0 Å². The summed E-state index contributed by atoms with van der Waals surface area (Å²) in [6.45, 7) is 5.24. The minimum atomic E-state index is 0.463. The minimum absolute atomic E-state index is 0.463. The zero-order valence-corrected chi connectivity index (χ0v) is 8.80. The van der Waals surface area contributed by atoms with Crippen LogP contribution in [-0.4, -0.2) is 17.6 Å². The first kappa shape index (κ1) is 10.5. The van der Waals surface area contributed by atoms with Crippen LogP contribution in [0.1, 0.15) is 19.4 Å². The number of hydrogen-bond acceptors (Lipinski definition) is 2. The number of nitrogens with zero attached hydrogens (tertiary/aromatic N) is 1. The highest BCUT2D eigenvalue weighted by Gasteiger charge is 2.04. The van der Waals surface area contributed by atoms with Crippen molar-refractivity contribution in [1.82, 2.24) is 10.3 Å². The van der Waals surface area contributed by atoms with E-state index in [0.29, 0.717) is 6.04 Å². The van der Waals surface area contributed by atoms with E-state index in [1.807, 2.05) is 6.07 Å². The molecule has 0 fully saturated rings. The molecule has 1 N–H and O–H groups in total. The van der Waals surface area contributed by atoms with Crippen molar-refractivity contribution >= 4 is 11.6 Å². The molecule has 0 spiro atoms. The van der Waals surface area contributed by atoms with E-state index in [1.54, 1.807) is 12.4 Å². The lowest BCUT2D eigenvalue weighted by Gasteiger charge is -2.12. The van der Waals surface area contributed by atoms with Crippen LogP contribution < -0.4 is 5.32 Å². The molecule has 1 aromatic rings. The highest BCUT2D eigenvalue weighted by Crippen LogP contribution is 2.14. The Balaban J connectivity index is 2.58. The van der Waals surface area contributed by atoms with Gasteiger partial charge >= 0.3 is 0 Å². The Bertz CT molecular complexity index is 263. The summed E-state index contributed by atoms with van der Waals surface area (Å²) < 4.78 is 0. The van der Waals surface area contributed by atoms with Crippen LogP contribution in [0.5, 0.6) is 0 Å². The molecular weight excluding hydrogens is 184 g/mol. The first-order valence-electron chi connectivity index (χ1n) is 4.55. The number of rotatable bonds is 4. The van der Waals surface area contributed by atoms with Crippen LogP contribution in [0.3, 0.4) is 0 Å². The molecule has 0 amide bonds. The zero-order chi connectivity index (χ0) is 9.68. The molecule has 1 unspecified atom stereocenters. The van der Waals surface area contributed by atoms with Crippen molar-refractivity contribution in [2.24, 2.45) is 0 Å². The van der Waals surface area contributed by atoms with E-state index >= 15 is 0 Å². The smallest absolute Gasteiger partial charge is 0.0621 e. The molecule has 13 heavy (non-hydrogen) atoms. The van der Waals surface area contributed by atoms with Gasteiger partial charge in [0.1, 0.15) is 0 Å². The second-order valence-corrected chi connectivity index (χ2v) is 3.54. The van der Waals surface area contributed by atoms with Crippen LogP contribution in [-0.2, 0) is 6.42 Å². The number of halogens is 1. The quantitative estimate of drug-likeness (QED) is 0.803. The van der Waals surface area contributed by atoms with Crippen LogP contribution in [0.2, 0.25) is 5.02 Å². The van der Waals surface area contributed by atoms with Crippen molar-refractivity contribution in [2.75, 3.05) is 6.54 Å². The topological polar surface area (TPSA) is 24.9 Å². The second-order valence-electron chi connectivity index (χ2n) is 3.13. The van der Waals surface area contributed by atoms with Crippen LogP contribution >= 0.6 is 11.6 Å². The average Bonchev–Trinajstić information content (AvgIpc) is 2.09. The monoisotopic (exact) mass is 198 g/mol. The molecule has 0 aliphatic heterocycles. The Kier molecular flexibility index (Phi) is 4.19. The molecule has 0 saturated heterocycles. The summed E-state index contributed by atoms with van der Waals surface area (Å²) in [7, 11) is 0. The minimum Gasteiger partial charge on any atom is -0.314 e. The summed E-state index contributed by atoms with van der Waals surface area (Å²) in [5.41, 5.74) is 1.16. The van der Waals surface area contributed by atoms with Crippen molar-refractivity contribution in [3.05, 3.63) is 29.0 Å². The maximum absolute atomic E-state index is 5.98. The van der Waals surface area contributed by atoms with Gasteiger partial charge in [-0.1, -0.05) is 18.5 Å². The second kappa shape index (κ2) is 5.20. The molecule has 0 radical (unpaired) electrons. The summed E-state index contributed by atoms with van der Waals surface area (Å²) in [5, 5.41) is 4.10. The molecule has 1 heterocycles. The van der Waals surface area contributed by atoms with Gasteiger partial charge < -0.3 is 5.32 Å². The van der Waals surface area contributed by atoms with E-state index in [4.69, 9.17) is 11.6 Å². The van der Waals surface area contributed by atoms with Crippen LogP contribution in [0.4, 0.5) is 0 Å². The summed E-state index contributed by atoms with van der Waals surface area (Å²) in [6, 6.07) is 2.43. The Hall–Kier alpha value is -0.600. The lowest BCUT2D eigenvalue weighted by molar-refractivity contribution is 0.565. The zero-order valence-electron chi connectivity index (χ0n) is 8.05. The number of aromatic nitrogens is 1. The first-order chi connectivity index (χ1) is 6.24. The molecule has 0 aliphatic rings. The highest BCUT2D eigenvalue weighted by molar-refractivity contribution is 6.31. The predicted octanol–water partition coefficient (Wildman–Crippen LogP) is 2.28. The summed E-state index contributed by atoms with van der Waals surface area (Å²) >= 11 is 5.98. The largest absolute Gasteiger partial charge is 0.314 e. The van der Waals surface area contributed by atoms with Crippen molar-refractivity contribution in [1.29, 1.82) is 0 Å². The fourth-order valence-corrected chi connectivity index (χ4v) is 1.52. The lowest BCUT2D eigenvalue weighted by atomic mass is 10.1. The third-order valence-electron chi connectivity index (χ3n) is 1.94. The van der Waals surface area contributed by atoms with E-state index in [0.717, 1.165) is 23.6 Å². The number of hydrogen-bond donors (Lipinski definition) is 1. The van der Waals surface area contributed by atoms with Gasteiger partial charge in [0.2, 0.25) is 0 Å². The van der Waals surface area contributed by atoms with Crippen LogP contribution in [0.25, 0.3) is 0 Å². The molecule has 1 aromatic heterocycles. The standard InChI is InChI=1S/C10H15ClN2/c1-3-13-8(2)6-9-4-5-12-7-10(9)11/h4-5,7-8,13H,3,6H2,1-2H3. The number of pyridine rings is 1. The molecule has 1 atom stereocenters. The first-order valence-corrected chi connectivity index (χ1v) is 4.93. The van der Waals surface area contributed by atoms with Gasteiger partial charge in [0.15, 0.2) is 0 Å². The van der Waals surface area contributed by atoms with Gasteiger partial charge in [0.05, 0.1) is 5.02 Å². The number of likely N-dealkylation sites (N-methyl/N-ethyl adjacent to an activating group) is 1. The Morgan fingerprint density at radius 3 is 3.00 bits per heavy atom. The highest BCUT2D eigenvalue weighted by atomic mass is 35.5. The van der Waals surface area contributed by atoms with E-state index in [-0.39, 0.29) is 0 Å². The van der Waals surface area contributed by atoms with Crippen molar-refractivity contribution < 1.29 is 0 Å². The summed E-state index contributed by atoms with van der Waals surface area (Å²) in [4.78, 5) is 3.95. The van der Waals surface area contributed by atoms with Crippen molar-refractivity contribution in [3.63, 3.8) is 0 Å². The summed E-state index contributed by atoms with van der Waals surface area (Å²) in [5.74, 6) is 0. The lowest BCUT2D eigenvalue weighted by Crippen LogP contribution is -2.27. The predicted molar refractivity (Wildman–Crippen MR) is 56.1 cm³/mol. The molecule has 72 valence electrons. The number of nitrogens with one attached hydrogen (secondary N) is 1. The molecule has 0 saturated carbocycles. The fraction of sp³-hybridized carbons (Fsp3) is 0.500. The van der Waals surface area contributed by atoms with Gasteiger partial charge in [-0.15, -0.1) is 0 Å². The molecular formula is C10H15ClN2. The maximum Gasteiger partial charge on any atom is 0.0621 e. The third kappa shape index (κ3) is 3.33. The molecule has 2 nitrogen and oxygen atoms in total. The Morgan fingerprint density at radius 2 is 2.38 bits per heavy atom. The SMILES string of the molecule is CCNC(C)Cc1ccncc1Cl. The summed E-state index contributed by atoms with van der Waals surface area (Å²) in [6.07, 6.45) is 4.42. The fourth-order valence-electron chi connectivity index (χ4n) is 1.32. The van der Waals surface area contributed by atoms with Crippen LogP contribution in [0, 0.1) is 0 Å².